The molecule has 1 saturated heterocycles. The van der Waals surface area contributed by atoms with Crippen LogP contribution in [0.15, 0.2) is 4.47 Å². The minimum atomic E-state index is -0.0716. The van der Waals surface area contributed by atoms with Crippen molar-refractivity contribution < 1.29 is 4.74 Å². The van der Waals surface area contributed by atoms with E-state index in [0.29, 0.717) is 0 Å². The molecule has 0 spiro atoms. The van der Waals surface area contributed by atoms with E-state index in [0.717, 1.165) is 29.8 Å². The molecule has 1 aliphatic heterocycles. The van der Waals surface area contributed by atoms with Crippen LogP contribution in [0, 0.1) is 6.92 Å². The molecule has 2 rings (SSSR count). The van der Waals surface area contributed by atoms with Crippen LogP contribution in [0.2, 0.25) is 0 Å². The number of aromatic nitrogens is 2. The summed E-state index contributed by atoms with van der Waals surface area (Å²) in [5, 5.41) is 4.44. The molecule has 0 N–H and O–H groups in total. The molecule has 102 valence electrons. The van der Waals surface area contributed by atoms with Gasteiger partial charge in [-0.1, -0.05) is 0 Å². The number of rotatable bonds is 2. The topological polar surface area (TPSA) is 30.3 Å². The summed E-state index contributed by atoms with van der Waals surface area (Å²) in [6.07, 6.45) is 0.279. The van der Waals surface area contributed by atoms with Crippen molar-refractivity contribution in [1.29, 1.82) is 0 Å². The summed E-state index contributed by atoms with van der Waals surface area (Å²) in [5.74, 6) is 0. The first-order valence-electron chi connectivity index (χ1n) is 6.36. The fourth-order valence-corrected chi connectivity index (χ4v) is 3.23. The lowest BCUT2D eigenvalue weighted by molar-refractivity contribution is -0.131. The van der Waals surface area contributed by atoms with Gasteiger partial charge in [-0.15, -0.1) is 0 Å². The maximum Gasteiger partial charge on any atom is 0.0757 e. The van der Waals surface area contributed by atoms with Crippen molar-refractivity contribution in [3.63, 3.8) is 0 Å². The van der Waals surface area contributed by atoms with E-state index < -0.39 is 0 Å². The number of nitrogens with zero attached hydrogens (tertiary/aromatic N) is 3. The second-order valence-electron chi connectivity index (χ2n) is 5.83. The maximum atomic E-state index is 5.93. The molecule has 0 aliphatic carbocycles. The molecule has 1 atom stereocenters. The number of morpholine rings is 1. The number of hydrogen-bond donors (Lipinski definition) is 0. The highest BCUT2D eigenvalue weighted by atomic mass is 79.9. The Bertz CT molecular complexity index is 442. The van der Waals surface area contributed by atoms with Gasteiger partial charge in [0, 0.05) is 26.7 Å². The standard InChI is InChI=1S/C13H22BrN3O/c1-9-6-17(8-13(3,4)18-9)7-11-12(14)10(2)15-16(11)5/h9H,6-8H2,1-5H3. The summed E-state index contributed by atoms with van der Waals surface area (Å²) >= 11 is 3.63. The van der Waals surface area contributed by atoms with Gasteiger partial charge in [-0.05, 0) is 43.6 Å². The van der Waals surface area contributed by atoms with Crippen molar-refractivity contribution in [2.75, 3.05) is 13.1 Å². The Hall–Kier alpha value is -0.390. The molecule has 1 aromatic heterocycles. The largest absolute Gasteiger partial charge is 0.370 e. The zero-order chi connectivity index (χ0) is 13.5. The average molecular weight is 316 g/mol. The average Bonchev–Trinajstić information content (AvgIpc) is 2.42. The van der Waals surface area contributed by atoms with Crippen LogP contribution in [-0.2, 0) is 18.3 Å². The highest BCUT2D eigenvalue weighted by Crippen LogP contribution is 2.26. The van der Waals surface area contributed by atoms with Crippen LogP contribution < -0.4 is 0 Å². The van der Waals surface area contributed by atoms with Gasteiger partial charge in [0.05, 0.1) is 27.6 Å². The van der Waals surface area contributed by atoms with Crippen molar-refractivity contribution in [2.24, 2.45) is 7.05 Å². The van der Waals surface area contributed by atoms with Gasteiger partial charge in [-0.25, -0.2) is 0 Å². The van der Waals surface area contributed by atoms with Crippen LogP contribution in [-0.4, -0.2) is 39.5 Å². The van der Waals surface area contributed by atoms with Gasteiger partial charge in [0.15, 0.2) is 0 Å². The third kappa shape index (κ3) is 2.95. The first-order chi connectivity index (χ1) is 8.28. The molecule has 1 fully saturated rings. The molecule has 5 heteroatoms. The Balaban J connectivity index is 2.14. The molecule has 0 bridgehead atoms. The quantitative estimate of drug-likeness (QED) is 0.840. The van der Waals surface area contributed by atoms with Crippen molar-refractivity contribution in [2.45, 2.75) is 45.9 Å². The minimum absolute atomic E-state index is 0.0716. The molecule has 1 aliphatic rings. The fraction of sp³-hybridized carbons (Fsp3) is 0.769. The molecule has 1 unspecified atom stereocenters. The number of halogens is 1. The van der Waals surface area contributed by atoms with Crippen LogP contribution in [0.1, 0.15) is 32.2 Å². The highest BCUT2D eigenvalue weighted by molar-refractivity contribution is 9.10. The molecule has 18 heavy (non-hydrogen) atoms. The predicted molar refractivity (Wildman–Crippen MR) is 75.5 cm³/mol. The Morgan fingerprint density at radius 2 is 2.17 bits per heavy atom. The fourth-order valence-electron chi connectivity index (χ4n) is 2.77. The maximum absolute atomic E-state index is 5.93. The molecule has 0 amide bonds. The third-order valence-electron chi connectivity index (χ3n) is 3.27. The smallest absolute Gasteiger partial charge is 0.0757 e. The van der Waals surface area contributed by atoms with Crippen LogP contribution in [0.25, 0.3) is 0 Å². The predicted octanol–water partition coefficient (Wildman–Crippen LogP) is 2.49. The Kier molecular flexibility index (Phi) is 3.85. The highest BCUT2D eigenvalue weighted by Gasteiger charge is 2.31. The van der Waals surface area contributed by atoms with Gasteiger partial charge in [-0.3, -0.25) is 9.58 Å². The van der Waals surface area contributed by atoms with E-state index in [1.165, 1.54) is 5.69 Å². The van der Waals surface area contributed by atoms with Crippen LogP contribution in [0.4, 0.5) is 0 Å². The van der Waals surface area contributed by atoms with Crippen molar-refractivity contribution in [1.82, 2.24) is 14.7 Å². The van der Waals surface area contributed by atoms with E-state index in [1.807, 2.05) is 18.7 Å². The van der Waals surface area contributed by atoms with Gasteiger partial charge in [0.25, 0.3) is 0 Å². The number of ether oxygens (including phenoxy) is 1. The summed E-state index contributed by atoms with van der Waals surface area (Å²) in [6, 6.07) is 0. The lowest BCUT2D eigenvalue weighted by Gasteiger charge is -2.41. The third-order valence-corrected chi connectivity index (χ3v) is 4.31. The van der Waals surface area contributed by atoms with Crippen molar-refractivity contribution in [3.05, 3.63) is 15.9 Å². The van der Waals surface area contributed by atoms with Crippen LogP contribution in [0.3, 0.4) is 0 Å². The Morgan fingerprint density at radius 3 is 2.67 bits per heavy atom. The van der Waals surface area contributed by atoms with E-state index in [2.05, 4.69) is 46.7 Å². The van der Waals surface area contributed by atoms with Gasteiger partial charge in [0.2, 0.25) is 0 Å². The zero-order valence-corrected chi connectivity index (χ0v) is 13.4. The first-order valence-corrected chi connectivity index (χ1v) is 7.16. The molecule has 4 nitrogen and oxygen atoms in total. The van der Waals surface area contributed by atoms with Crippen molar-refractivity contribution in [3.8, 4) is 0 Å². The van der Waals surface area contributed by atoms with Crippen molar-refractivity contribution >= 4 is 15.9 Å². The van der Waals surface area contributed by atoms with Gasteiger partial charge in [-0.2, -0.15) is 5.10 Å². The van der Waals surface area contributed by atoms with Gasteiger partial charge < -0.3 is 4.74 Å². The Morgan fingerprint density at radius 1 is 1.50 bits per heavy atom. The first kappa shape index (κ1) is 14.0. The van der Waals surface area contributed by atoms with Gasteiger partial charge in [0.1, 0.15) is 0 Å². The summed E-state index contributed by atoms with van der Waals surface area (Å²) < 4.78 is 9.02. The lowest BCUT2D eigenvalue weighted by Crippen LogP contribution is -2.51. The molecule has 0 aromatic carbocycles. The van der Waals surface area contributed by atoms with E-state index in [1.54, 1.807) is 0 Å². The summed E-state index contributed by atoms with van der Waals surface area (Å²) in [7, 11) is 2.00. The van der Waals surface area contributed by atoms with Crippen LogP contribution >= 0.6 is 15.9 Å². The lowest BCUT2D eigenvalue weighted by atomic mass is 10.1. The summed E-state index contributed by atoms with van der Waals surface area (Å²) in [5.41, 5.74) is 2.21. The second-order valence-corrected chi connectivity index (χ2v) is 6.62. The molecule has 2 heterocycles. The normalized spacial score (nSPS) is 24.4. The summed E-state index contributed by atoms with van der Waals surface area (Å²) in [4.78, 5) is 2.44. The second kappa shape index (κ2) is 4.94. The van der Waals surface area contributed by atoms with Gasteiger partial charge >= 0.3 is 0 Å². The van der Waals surface area contributed by atoms with Crippen LogP contribution in [0.5, 0.6) is 0 Å². The zero-order valence-electron chi connectivity index (χ0n) is 11.8. The molecule has 0 saturated carbocycles. The molecule has 1 aromatic rings. The molecular weight excluding hydrogens is 294 g/mol. The van der Waals surface area contributed by atoms with E-state index in [9.17, 15) is 0 Å². The molecule has 0 radical (unpaired) electrons. The number of hydrogen-bond acceptors (Lipinski definition) is 3. The SMILES string of the molecule is Cc1nn(C)c(CN2CC(C)OC(C)(C)C2)c1Br. The van der Waals surface area contributed by atoms with E-state index in [4.69, 9.17) is 4.74 Å². The molecular formula is C13H22BrN3O. The Labute approximate surface area is 117 Å². The van der Waals surface area contributed by atoms with E-state index >= 15 is 0 Å². The monoisotopic (exact) mass is 315 g/mol. The van der Waals surface area contributed by atoms with E-state index in [-0.39, 0.29) is 11.7 Å². The summed E-state index contributed by atoms with van der Waals surface area (Å²) in [6.45, 7) is 11.3. The number of aryl methyl sites for hydroxylation is 2. The minimum Gasteiger partial charge on any atom is -0.370 e.